The van der Waals surface area contributed by atoms with Crippen LogP contribution in [0.2, 0.25) is 0 Å². The lowest BCUT2D eigenvalue weighted by Crippen LogP contribution is -2.18. The fourth-order valence-corrected chi connectivity index (χ4v) is 2.19. The number of nitrogens with one attached hydrogen (secondary N) is 1. The Kier molecular flexibility index (Phi) is 5.64. The molecule has 0 bridgehead atoms. The van der Waals surface area contributed by atoms with Gasteiger partial charge in [0.25, 0.3) is 5.91 Å². The third kappa shape index (κ3) is 4.91. The van der Waals surface area contributed by atoms with E-state index in [0.29, 0.717) is 5.75 Å². The summed E-state index contributed by atoms with van der Waals surface area (Å²) < 4.78 is 43.7. The molecule has 3 rings (SSSR count). The summed E-state index contributed by atoms with van der Waals surface area (Å²) in [5.41, 5.74) is 1.73. The van der Waals surface area contributed by atoms with E-state index in [1.165, 1.54) is 30.6 Å². The zero-order valence-corrected chi connectivity index (χ0v) is 14.2. The molecule has 0 aliphatic heterocycles. The summed E-state index contributed by atoms with van der Waals surface area (Å²) in [5, 5.41) is 3.70. The van der Waals surface area contributed by atoms with Crippen LogP contribution in [0.15, 0.2) is 72.2 Å². The Morgan fingerprint density at radius 1 is 1.11 bits per heavy atom. The molecule has 0 unspecified atom stereocenters. The quantitative estimate of drug-likeness (QED) is 0.530. The van der Waals surface area contributed by atoms with Crippen LogP contribution in [0.25, 0.3) is 0 Å². The molecule has 0 aliphatic rings. The van der Waals surface area contributed by atoms with Gasteiger partial charge in [0, 0.05) is 12.4 Å². The van der Waals surface area contributed by atoms with Gasteiger partial charge in [-0.3, -0.25) is 9.78 Å². The van der Waals surface area contributed by atoms with E-state index in [1.807, 2.05) is 0 Å². The smallest absolute Gasteiger partial charge is 0.416 e. The maximum Gasteiger partial charge on any atom is 0.416 e. The molecule has 0 fully saturated rings. The van der Waals surface area contributed by atoms with Crippen molar-refractivity contribution >= 4 is 12.1 Å². The highest BCUT2D eigenvalue weighted by molar-refractivity contribution is 5.97. The Morgan fingerprint density at radius 2 is 1.93 bits per heavy atom. The first kappa shape index (κ1) is 19.0. The zero-order valence-electron chi connectivity index (χ0n) is 14.2. The minimum atomic E-state index is -4.46. The molecule has 3 aromatic rings. The number of hydrogen-bond donors (Lipinski definition) is 1. The van der Waals surface area contributed by atoms with Gasteiger partial charge in [0.15, 0.2) is 0 Å². The second kappa shape index (κ2) is 8.30. The number of aromatic nitrogens is 2. The van der Waals surface area contributed by atoms with Crippen molar-refractivity contribution in [2.45, 2.75) is 6.18 Å². The third-order valence-electron chi connectivity index (χ3n) is 3.46. The Balaban J connectivity index is 1.71. The highest BCUT2D eigenvalue weighted by Gasteiger charge is 2.30. The van der Waals surface area contributed by atoms with Gasteiger partial charge in [0.1, 0.15) is 11.3 Å². The summed E-state index contributed by atoms with van der Waals surface area (Å²) in [5.74, 6) is -0.194. The van der Waals surface area contributed by atoms with Crippen molar-refractivity contribution in [1.82, 2.24) is 15.4 Å². The van der Waals surface area contributed by atoms with E-state index in [2.05, 4.69) is 20.5 Å². The third-order valence-corrected chi connectivity index (χ3v) is 3.46. The summed E-state index contributed by atoms with van der Waals surface area (Å²) >= 11 is 0. The number of hydrogen-bond acceptors (Lipinski definition) is 5. The number of halogens is 3. The van der Waals surface area contributed by atoms with Gasteiger partial charge in [-0.1, -0.05) is 12.1 Å². The van der Waals surface area contributed by atoms with Gasteiger partial charge in [0.05, 0.1) is 18.0 Å². The molecule has 0 saturated heterocycles. The normalized spacial score (nSPS) is 11.4. The Bertz CT molecular complexity index is 992. The van der Waals surface area contributed by atoms with Crippen molar-refractivity contribution < 1.29 is 22.7 Å². The number of ether oxygens (including phenoxy) is 1. The predicted octanol–water partition coefficient (Wildman–Crippen LogP) is 4.05. The second-order valence-electron chi connectivity index (χ2n) is 5.47. The van der Waals surface area contributed by atoms with Crippen molar-refractivity contribution in [3.63, 3.8) is 0 Å². The van der Waals surface area contributed by atoms with Crippen LogP contribution in [0.4, 0.5) is 13.2 Å². The van der Waals surface area contributed by atoms with Crippen LogP contribution >= 0.6 is 0 Å². The standard InChI is InChI=1S/C19H13F3N4O2/c20-19(21,22)14-5-1-4-13(10-14)11-25-26-17(27)16-7-3-9-24-18(16)28-15-6-2-8-23-12-15/h1-12H,(H,26,27)/b25-11+. The molecule has 9 heteroatoms. The number of nitrogens with zero attached hydrogens (tertiary/aromatic N) is 3. The molecular weight excluding hydrogens is 373 g/mol. The van der Waals surface area contributed by atoms with Gasteiger partial charge < -0.3 is 4.74 Å². The molecule has 6 nitrogen and oxygen atoms in total. The average molecular weight is 386 g/mol. The lowest BCUT2D eigenvalue weighted by Gasteiger charge is -2.08. The first-order valence-electron chi connectivity index (χ1n) is 7.97. The highest BCUT2D eigenvalue weighted by Crippen LogP contribution is 2.29. The number of carbonyl (C=O) groups excluding carboxylic acids is 1. The second-order valence-corrected chi connectivity index (χ2v) is 5.47. The van der Waals surface area contributed by atoms with Crippen molar-refractivity contribution in [3.8, 4) is 11.6 Å². The van der Waals surface area contributed by atoms with Crippen LogP contribution in [0.3, 0.4) is 0 Å². The molecular formula is C19H13F3N4O2. The maximum absolute atomic E-state index is 12.7. The lowest BCUT2D eigenvalue weighted by atomic mass is 10.1. The molecule has 2 aromatic heterocycles. The summed E-state index contributed by atoms with van der Waals surface area (Å²) in [4.78, 5) is 20.2. The van der Waals surface area contributed by atoms with Gasteiger partial charge in [-0.05, 0) is 42.0 Å². The lowest BCUT2D eigenvalue weighted by molar-refractivity contribution is -0.137. The predicted molar refractivity (Wildman–Crippen MR) is 95.1 cm³/mol. The number of carbonyl (C=O) groups is 1. The van der Waals surface area contributed by atoms with Gasteiger partial charge in [0.2, 0.25) is 5.88 Å². The van der Waals surface area contributed by atoms with Crippen molar-refractivity contribution in [2.24, 2.45) is 5.10 Å². The van der Waals surface area contributed by atoms with Crippen LogP contribution in [0.5, 0.6) is 11.6 Å². The van der Waals surface area contributed by atoms with Crippen molar-refractivity contribution in [2.75, 3.05) is 0 Å². The van der Waals surface area contributed by atoms with Gasteiger partial charge in [-0.15, -0.1) is 0 Å². The first-order chi connectivity index (χ1) is 13.4. The molecule has 0 saturated carbocycles. The fourth-order valence-electron chi connectivity index (χ4n) is 2.19. The van der Waals surface area contributed by atoms with E-state index in [1.54, 1.807) is 24.4 Å². The van der Waals surface area contributed by atoms with E-state index in [-0.39, 0.29) is 17.0 Å². The van der Waals surface area contributed by atoms with Crippen LogP contribution < -0.4 is 10.2 Å². The average Bonchev–Trinajstić information content (AvgIpc) is 2.69. The van der Waals surface area contributed by atoms with Crippen molar-refractivity contribution in [1.29, 1.82) is 0 Å². The van der Waals surface area contributed by atoms with E-state index in [4.69, 9.17) is 4.74 Å². The van der Waals surface area contributed by atoms with Crippen LogP contribution in [0, 0.1) is 0 Å². The number of pyridine rings is 2. The molecule has 28 heavy (non-hydrogen) atoms. The number of benzene rings is 1. The largest absolute Gasteiger partial charge is 0.437 e. The summed E-state index contributed by atoms with van der Waals surface area (Å²) in [6.07, 6.45) is 1.14. The summed E-state index contributed by atoms with van der Waals surface area (Å²) in [6, 6.07) is 10.9. The van der Waals surface area contributed by atoms with Crippen LogP contribution in [-0.4, -0.2) is 22.1 Å². The highest BCUT2D eigenvalue weighted by atomic mass is 19.4. The Hall–Kier alpha value is -3.75. The minimum Gasteiger partial charge on any atom is -0.437 e. The molecule has 2 heterocycles. The fraction of sp³-hybridized carbons (Fsp3) is 0.0526. The molecule has 1 aromatic carbocycles. The number of amides is 1. The van der Waals surface area contributed by atoms with E-state index in [9.17, 15) is 18.0 Å². The Labute approximate surface area is 157 Å². The van der Waals surface area contributed by atoms with Crippen LogP contribution in [-0.2, 0) is 6.18 Å². The first-order valence-corrected chi connectivity index (χ1v) is 7.97. The van der Waals surface area contributed by atoms with E-state index >= 15 is 0 Å². The van der Waals surface area contributed by atoms with Crippen LogP contribution in [0.1, 0.15) is 21.5 Å². The van der Waals surface area contributed by atoms with Crippen molar-refractivity contribution in [3.05, 3.63) is 83.8 Å². The Morgan fingerprint density at radius 3 is 2.68 bits per heavy atom. The number of hydrazone groups is 1. The summed E-state index contributed by atoms with van der Waals surface area (Å²) in [7, 11) is 0. The van der Waals surface area contributed by atoms with Gasteiger partial charge in [-0.2, -0.15) is 18.3 Å². The molecule has 1 N–H and O–H groups in total. The molecule has 0 aliphatic carbocycles. The van der Waals surface area contributed by atoms with E-state index in [0.717, 1.165) is 18.3 Å². The zero-order chi connectivity index (χ0) is 20.0. The topological polar surface area (TPSA) is 76.5 Å². The molecule has 0 spiro atoms. The number of rotatable bonds is 5. The molecule has 1 amide bonds. The molecule has 0 atom stereocenters. The van der Waals surface area contributed by atoms with Gasteiger partial charge in [-0.25, -0.2) is 10.4 Å². The maximum atomic E-state index is 12.7. The van der Waals surface area contributed by atoms with E-state index < -0.39 is 17.6 Å². The SMILES string of the molecule is O=C(N/N=C/c1cccc(C(F)(F)F)c1)c1cccnc1Oc1cccnc1. The summed E-state index contributed by atoms with van der Waals surface area (Å²) in [6.45, 7) is 0. The molecule has 0 radical (unpaired) electrons. The van der Waals surface area contributed by atoms with Gasteiger partial charge >= 0.3 is 6.18 Å². The molecule has 142 valence electrons. The number of alkyl halides is 3. The monoisotopic (exact) mass is 386 g/mol. The minimum absolute atomic E-state index is 0.0438.